The SMILES string of the molecule is CC(C)CC(NC(=O)C(Cc1ccc(Cl)cc1)NC(=O)C(Cc1ccccc1)NC(=O)OCc1ccccc1)C(=O)c1ccco1. The monoisotopic (exact) mass is 643 g/mol. The maximum absolute atomic E-state index is 13.8. The lowest BCUT2D eigenvalue weighted by Crippen LogP contribution is -2.57. The van der Waals surface area contributed by atoms with Gasteiger partial charge in [0.2, 0.25) is 17.6 Å². The smallest absolute Gasteiger partial charge is 0.408 e. The first-order chi connectivity index (χ1) is 22.2. The van der Waals surface area contributed by atoms with Crippen molar-refractivity contribution in [2.75, 3.05) is 0 Å². The lowest BCUT2D eigenvalue weighted by Gasteiger charge is -2.26. The van der Waals surface area contributed by atoms with Gasteiger partial charge in [-0.15, -0.1) is 0 Å². The van der Waals surface area contributed by atoms with Gasteiger partial charge < -0.3 is 25.1 Å². The van der Waals surface area contributed by atoms with Crippen LogP contribution >= 0.6 is 11.6 Å². The van der Waals surface area contributed by atoms with Gasteiger partial charge in [0, 0.05) is 17.9 Å². The molecule has 0 saturated carbocycles. The van der Waals surface area contributed by atoms with E-state index in [9.17, 15) is 19.2 Å². The predicted octanol–water partition coefficient (Wildman–Crippen LogP) is 5.91. The highest BCUT2D eigenvalue weighted by atomic mass is 35.5. The number of amides is 3. The number of nitrogens with one attached hydrogen (secondary N) is 3. The van der Waals surface area contributed by atoms with Crippen LogP contribution in [0.15, 0.2) is 108 Å². The molecule has 0 radical (unpaired) electrons. The van der Waals surface area contributed by atoms with Gasteiger partial charge in [-0.3, -0.25) is 14.4 Å². The molecule has 3 atom stereocenters. The van der Waals surface area contributed by atoms with E-state index in [1.54, 1.807) is 36.4 Å². The number of rotatable bonds is 15. The Labute approximate surface area is 273 Å². The molecular weight excluding hydrogens is 606 g/mol. The number of carbonyl (C=O) groups is 4. The quantitative estimate of drug-likeness (QED) is 0.138. The van der Waals surface area contributed by atoms with Crippen LogP contribution < -0.4 is 16.0 Å². The highest BCUT2D eigenvalue weighted by molar-refractivity contribution is 6.30. The summed E-state index contributed by atoms with van der Waals surface area (Å²) in [5.74, 6) is -1.31. The van der Waals surface area contributed by atoms with Crippen LogP contribution in [0.4, 0.5) is 4.79 Å². The van der Waals surface area contributed by atoms with Gasteiger partial charge in [-0.2, -0.15) is 0 Å². The van der Waals surface area contributed by atoms with E-state index in [0.717, 1.165) is 16.7 Å². The van der Waals surface area contributed by atoms with Crippen molar-refractivity contribution in [3.05, 3.63) is 131 Å². The second kappa shape index (κ2) is 17.0. The molecule has 3 aromatic carbocycles. The number of furan rings is 1. The molecule has 3 unspecified atom stereocenters. The molecular formula is C36H38ClN3O6. The zero-order chi connectivity index (χ0) is 32.9. The summed E-state index contributed by atoms with van der Waals surface area (Å²) in [6.07, 6.45) is 1.23. The molecule has 0 spiro atoms. The van der Waals surface area contributed by atoms with Gasteiger partial charge in [0.05, 0.1) is 12.3 Å². The van der Waals surface area contributed by atoms with Gasteiger partial charge >= 0.3 is 6.09 Å². The number of hydrogen-bond donors (Lipinski definition) is 3. The number of halogens is 1. The van der Waals surface area contributed by atoms with E-state index in [4.69, 9.17) is 20.8 Å². The van der Waals surface area contributed by atoms with Crippen molar-refractivity contribution in [1.29, 1.82) is 0 Å². The highest BCUT2D eigenvalue weighted by Crippen LogP contribution is 2.15. The van der Waals surface area contributed by atoms with Crippen LogP contribution in [0.1, 0.15) is 47.5 Å². The van der Waals surface area contributed by atoms with Crippen LogP contribution in [0.25, 0.3) is 0 Å². The molecule has 46 heavy (non-hydrogen) atoms. The summed E-state index contributed by atoms with van der Waals surface area (Å²) in [5, 5.41) is 8.85. The van der Waals surface area contributed by atoms with Crippen molar-refractivity contribution >= 4 is 35.3 Å². The molecule has 0 fully saturated rings. The summed E-state index contributed by atoms with van der Waals surface area (Å²) >= 11 is 6.08. The fourth-order valence-electron chi connectivity index (χ4n) is 4.87. The Hall–Kier alpha value is -4.89. The average molecular weight is 644 g/mol. The van der Waals surface area contributed by atoms with Crippen LogP contribution in [-0.4, -0.2) is 41.8 Å². The molecule has 3 amide bonds. The molecule has 0 saturated heterocycles. The van der Waals surface area contributed by atoms with Crippen LogP contribution in [0.2, 0.25) is 5.02 Å². The second-order valence-electron chi connectivity index (χ2n) is 11.4. The van der Waals surface area contributed by atoms with Crippen molar-refractivity contribution in [1.82, 2.24) is 16.0 Å². The molecule has 4 aromatic rings. The van der Waals surface area contributed by atoms with Gasteiger partial charge in [0.15, 0.2) is 5.76 Å². The van der Waals surface area contributed by atoms with Gasteiger partial charge in [-0.25, -0.2) is 4.79 Å². The summed E-state index contributed by atoms with van der Waals surface area (Å²) in [5.41, 5.74) is 2.32. The molecule has 9 nitrogen and oxygen atoms in total. The molecule has 0 aliphatic carbocycles. The summed E-state index contributed by atoms with van der Waals surface area (Å²) < 4.78 is 10.7. The average Bonchev–Trinajstić information content (AvgIpc) is 3.59. The predicted molar refractivity (Wildman–Crippen MR) is 175 cm³/mol. The topological polar surface area (TPSA) is 127 Å². The molecule has 10 heteroatoms. The summed E-state index contributed by atoms with van der Waals surface area (Å²) in [7, 11) is 0. The van der Waals surface area contributed by atoms with Crippen molar-refractivity contribution in [2.24, 2.45) is 5.92 Å². The zero-order valence-corrected chi connectivity index (χ0v) is 26.5. The second-order valence-corrected chi connectivity index (χ2v) is 11.8. The minimum atomic E-state index is -1.09. The number of hydrogen-bond acceptors (Lipinski definition) is 6. The Morgan fingerprint density at radius 1 is 0.674 bits per heavy atom. The first-order valence-electron chi connectivity index (χ1n) is 15.1. The van der Waals surface area contributed by atoms with E-state index >= 15 is 0 Å². The summed E-state index contributed by atoms with van der Waals surface area (Å²) in [4.78, 5) is 53.8. The fourth-order valence-corrected chi connectivity index (χ4v) is 5.00. The van der Waals surface area contributed by atoms with Crippen LogP contribution in [0.5, 0.6) is 0 Å². The van der Waals surface area contributed by atoms with Crippen molar-refractivity contribution < 1.29 is 28.3 Å². The van der Waals surface area contributed by atoms with Crippen molar-refractivity contribution in [2.45, 2.75) is 57.8 Å². The van der Waals surface area contributed by atoms with Crippen LogP contribution in [0, 0.1) is 5.92 Å². The lowest BCUT2D eigenvalue weighted by molar-refractivity contribution is -0.130. The Kier molecular flexibility index (Phi) is 12.5. The van der Waals surface area contributed by atoms with Gasteiger partial charge in [0.1, 0.15) is 18.7 Å². The largest absolute Gasteiger partial charge is 0.461 e. The van der Waals surface area contributed by atoms with E-state index in [1.807, 2.05) is 74.5 Å². The Morgan fingerprint density at radius 2 is 1.22 bits per heavy atom. The first kappa shape index (κ1) is 34.0. The minimum Gasteiger partial charge on any atom is -0.461 e. The molecule has 240 valence electrons. The molecule has 4 rings (SSSR count). The highest BCUT2D eigenvalue weighted by Gasteiger charge is 2.31. The number of alkyl carbamates (subject to hydrolysis) is 1. The number of Topliss-reactive ketones (excluding diaryl/α,β-unsaturated/α-hetero) is 1. The Morgan fingerprint density at radius 3 is 1.78 bits per heavy atom. The number of ketones is 1. The third-order valence-corrected chi connectivity index (χ3v) is 7.45. The molecule has 3 N–H and O–H groups in total. The van der Waals surface area contributed by atoms with E-state index in [0.29, 0.717) is 11.4 Å². The summed E-state index contributed by atoms with van der Waals surface area (Å²) in [6.45, 7) is 3.91. The maximum Gasteiger partial charge on any atom is 0.408 e. The normalized spacial score (nSPS) is 12.9. The molecule has 1 heterocycles. The van der Waals surface area contributed by atoms with Gasteiger partial charge in [-0.05, 0) is 53.3 Å². The van der Waals surface area contributed by atoms with E-state index in [1.165, 1.54) is 6.26 Å². The Balaban J connectivity index is 1.55. The molecule has 1 aromatic heterocycles. The number of ether oxygens (including phenoxy) is 1. The van der Waals surface area contributed by atoms with Crippen molar-refractivity contribution in [3.8, 4) is 0 Å². The maximum atomic E-state index is 13.8. The third kappa shape index (κ3) is 10.6. The third-order valence-electron chi connectivity index (χ3n) is 7.19. The number of benzene rings is 3. The summed E-state index contributed by atoms with van der Waals surface area (Å²) in [6, 6.07) is 25.4. The molecule has 0 aliphatic heterocycles. The van der Waals surface area contributed by atoms with Gasteiger partial charge in [-0.1, -0.05) is 98.2 Å². The van der Waals surface area contributed by atoms with E-state index in [-0.39, 0.29) is 36.9 Å². The molecule has 0 aliphatic rings. The van der Waals surface area contributed by atoms with E-state index in [2.05, 4.69) is 16.0 Å². The lowest BCUT2D eigenvalue weighted by atomic mass is 9.97. The molecule has 0 bridgehead atoms. The van der Waals surface area contributed by atoms with Crippen LogP contribution in [0.3, 0.4) is 0 Å². The fraction of sp³-hybridized carbons (Fsp3) is 0.278. The Bertz CT molecular complexity index is 1560. The first-order valence-corrected chi connectivity index (χ1v) is 15.5. The van der Waals surface area contributed by atoms with E-state index < -0.39 is 36.0 Å². The van der Waals surface area contributed by atoms with Crippen molar-refractivity contribution in [3.63, 3.8) is 0 Å². The minimum absolute atomic E-state index is 0.0227. The zero-order valence-electron chi connectivity index (χ0n) is 25.8. The number of carbonyl (C=O) groups excluding carboxylic acids is 4. The van der Waals surface area contributed by atoms with Gasteiger partial charge in [0.25, 0.3) is 0 Å². The standard InChI is InChI=1S/C36H38ClN3O6/c1-24(2)20-29(33(41)32-14-9-19-45-32)38-34(42)30(22-26-15-17-28(37)18-16-26)39-35(43)31(21-25-10-5-3-6-11-25)40-36(44)46-23-27-12-7-4-8-13-27/h3-19,24,29-31H,20-23H2,1-2H3,(H,38,42)(H,39,43)(H,40,44). The van der Waals surface area contributed by atoms with Crippen LogP contribution in [-0.2, 0) is 33.8 Å².